The van der Waals surface area contributed by atoms with Crippen molar-refractivity contribution >= 4 is 17.5 Å². The zero-order chi connectivity index (χ0) is 13.0. The normalized spacial score (nSPS) is 14.0. The van der Waals surface area contributed by atoms with E-state index in [1.165, 1.54) is 12.8 Å². The number of nitrogens with one attached hydrogen (secondary N) is 2. The van der Waals surface area contributed by atoms with Gasteiger partial charge < -0.3 is 16.4 Å². The lowest BCUT2D eigenvalue weighted by Gasteiger charge is -2.06. The minimum atomic E-state index is -0.267. The Kier molecular flexibility index (Phi) is 3.82. The van der Waals surface area contributed by atoms with Crippen LogP contribution in [0.15, 0.2) is 24.3 Å². The molecule has 4 N–H and O–H groups in total. The molecule has 1 aliphatic rings. The lowest BCUT2D eigenvalue weighted by atomic mass is 10.2. The van der Waals surface area contributed by atoms with Crippen LogP contribution in [0.2, 0.25) is 0 Å². The summed E-state index contributed by atoms with van der Waals surface area (Å²) >= 11 is 0. The van der Waals surface area contributed by atoms with Crippen LogP contribution in [0.25, 0.3) is 0 Å². The van der Waals surface area contributed by atoms with Crippen LogP contribution in [0.1, 0.15) is 23.2 Å². The van der Waals surface area contributed by atoms with Crippen LogP contribution in [-0.2, 0) is 4.79 Å². The maximum atomic E-state index is 11.7. The van der Waals surface area contributed by atoms with Gasteiger partial charge >= 0.3 is 0 Å². The van der Waals surface area contributed by atoms with E-state index < -0.39 is 0 Å². The summed E-state index contributed by atoms with van der Waals surface area (Å²) in [6.07, 6.45) is 2.39. The fourth-order valence-electron chi connectivity index (χ4n) is 1.54. The molecule has 0 saturated heterocycles. The third-order valence-corrected chi connectivity index (χ3v) is 2.87. The molecule has 96 valence electrons. The van der Waals surface area contributed by atoms with Crippen molar-refractivity contribution in [2.45, 2.75) is 12.8 Å². The Morgan fingerprint density at radius 3 is 2.44 bits per heavy atom. The number of benzene rings is 1. The van der Waals surface area contributed by atoms with Crippen LogP contribution in [0.3, 0.4) is 0 Å². The summed E-state index contributed by atoms with van der Waals surface area (Å²) in [5.41, 5.74) is 6.63. The third-order valence-electron chi connectivity index (χ3n) is 2.87. The molecule has 1 fully saturated rings. The highest BCUT2D eigenvalue weighted by Gasteiger charge is 2.21. The Labute approximate surface area is 106 Å². The van der Waals surface area contributed by atoms with Crippen LogP contribution in [0, 0.1) is 5.92 Å². The molecular weight excluding hydrogens is 230 g/mol. The van der Waals surface area contributed by atoms with Gasteiger partial charge in [0.15, 0.2) is 0 Å². The fourth-order valence-corrected chi connectivity index (χ4v) is 1.54. The van der Waals surface area contributed by atoms with Crippen molar-refractivity contribution in [3.05, 3.63) is 29.8 Å². The Balaban J connectivity index is 1.73. The number of carbonyl (C=O) groups is 2. The number of anilines is 1. The minimum absolute atomic E-state index is 0.00985. The largest absolute Gasteiger partial charge is 0.399 e. The van der Waals surface area contributed by atoms with Gasteiger partial charge in [-0.1, -0.05) is 0 Å². The number of nitrogens with two attached hydrogens (primary N) is 1. The first-order valence-corrected chi connectivity index (χ1v) is 6.05. The van der Waals surface area contributed by atoms with E-state index in [1.807, 2.05) is 0 Å². The van der Waals surface area contributed by atoms with Gasteiger partial charge in [0, 0.05) is 17.8 Å². The third kappa shape index (κ3) is 3.76. The average Bonchev–Trinajstić information content (AvgIpc) is 3.18. The molecule has 5 heteroatoms. The summed E-state index contributed by atoms with van der Waals surface area (Å²) in [4.78, 5) is 23.1. The first-order chi connectivity index (χ1) is 8.65. The molecule has 1 aromatic carbocycles. The molecule has 2 amide bonds. The first kappa shape index (κ1) is 12.4. The Morgan fingerprint density at radius 1 is 1.17 bits per heavy atom. The lowest BCUT2D eigenvalue weighted by Crippen LogP contribution is -2.37. The van der Waals surface area contributed by atoms with Crippen LogP contribution >= 0.6 is 0 Å². The maximum Gasteiger partial charge on any atom is 0.251 e. The molecule has 0 radical (unpaired) electrons. The number of amides is 2. The van der Waals surface area contributed by atoms with Gasteiger partial charge in [-0.3, -0.25) is 9.59 Å². The van der Waals surface area contributed by atoms with E-state index in [0.717, 1.165) is 6.54 Å². The van der Waals surface area contributed by atoms with Gasteiger partial charge in [0.1, 0.15) is 0 Å². The Hall–Kier alpha value is -2.04. The van der Waals surface area contributed by atoms with E-state index in [1.54, 1.807) is 24.3 Å². The van der Waals surface area contributed by atoms with Gasteiger partial charge in [-0.25, -0.2) is 0 Å². The second-order valence-electron chi connectivity index (χ2n) is 4.55. The van der Waals surface area contributed by atoms with Gasteiger partial charge in [0.05, 0.1) is 6.54 Å². The second-order valence-corrected chi connectivity index (χ2v) is 4.55. The van der Waals surface area contributed by atoms with Crippen molar-refractivity contribution in [1.29, 1.82) is 0 Å². The van der Waals surface area contributed by atoms with Gasteiger partial charge in [-0.05, 0) is 43.0 Å². The highest BCUT2D eigenvalue weighted by Crippen LogP contribution is 2.27. The van der Waals surface area contributed by atoms with Crippen molar-refractivity contribution < 1.29 is 9.59 Å². The number of carbonyl (C=O) groups excluding carboxylic acids is 2. The smallest absolute Gasteiger partial charge is 0.251 e. The van der Waals surface area contributed by atoms with Gasteiger partial charge in [0.25, 0.3) is 5.91 Å². The monoisotopic (exact) mass is 247 g/mol. The van der Waals surface area contributed by atoms with Crippen LogP contribution in [-0.4, -0.2) is 24.9 Å². The average molecular weight is 247 g/mol. The molecule has 0 aromatic heterocycles. The predicted molar refractivity (Wildman–Crippen MR) is 68.9 cm³/mol. The van der Waals surface area contributed by atoms with E-state index in [0.29, 0.717) is 17.2 Å². The topological polar surface area (TPSA) is 84.2 Å². The van der Waals surface area contributed by atoms with Gasteiger partial charge in [-0.15, -0.1) is 0 Å². The first-order valence-electron chi connectivity index (χ1n) is 6.05. The number of nitrogen functional groups attached to an aromatic ring is 1. The molecule has 1 saturated carbocycles. The fraction of sp³-hybridized carbons (Fsp3) is 0.385. The van der Waals surface area contributed by atoms with Gasteiger partial charge in [-0.2, -0.15) is 0 Å². The van der Waals surface area contributed by atoms with Crippen molar-refractivity contribution in [1.82, 2.24) is 10.6 Å². The number of rotatable bonds is 5. The molecule has 2 rings (SSSR count). The molecule has 0 bridgehead atoms. The van der Waals surface area contributed by atoms with Crippen molar-refractivity contribution in [3.8, 4) is 0 Å². The van der Waals surface area contributed by atoms with E-state index in [9.17, 15) is 9.59 Å². The predicted octanol–water partition coefficient (Wildman–Crippen LogP) is 0.525. The van der Waals surface area contributed by atoms with Crippen LogP contribution < -0.4 is 16.4 Å². The Morgan fingerprint density at radius 2 is 1.83 bits per heavy atom. The summed E-state index contributed by atoms with van der Waals surface area (Å²) in [6, 6.07) is 6.57. The quantitative estimate of drug-likeness (QED) is 0.663. The zero-order valence-electron chi connectivity index (χ0n) is 10.1. The molecule has 1 aromatic rings. The van der Waals surface area contributed by atoms with Crippen molar-refractivity contribution in [2.24, 2.45) is 5.92 Å². The summed E-state index contributed by atoms with van der Waals surface area (Å²) < 4.78 is 0. The van der Waals surface area contributed by atoms with Crippen LogP contribution in [0.5, 0.6) is 0 Å². The SMILES string of the molecule is Nc1ccc(C(=O)NCC(=O)NCC2CC2)cc1. The molecular formula is C13H17N3O2. The highest BCUT2D eigenvalue weighted by atomic mass is 16.2. The summed E-state index contributed by atoms with van der Waals surface area (Å²) in [5, 5.41) is 5.36. The maximum absolute atomic E-state index is 11.7. The van der Waals surface area contributed by atoms with E-state index in [2.05, 4.69) is 10.6 Å². The molecule has 0 atom stereocenters. The van der Waals surface area contributed by atoms with E-state index >= 15 is 0 Å². The molecule has 0 heterocycles. The number of hydrogen-bond donors (Lipinski definition) is 3. The van der Waals surface area contributed by atoms with Crippen molar-refractivity contribution in [2.75, 3.05) is 18.8 Å². The van der Waals surface area contributed by atoms with Gasteiger partial charge in [0.2, 0.25) is 5.91 Å². The molecule has 0 aliphatic heterocycles. The van der Waals surface area contributed by atoms with E-state index in [4.69, 9.17) is 5.73 Å². The second kappa shape index (κ2) is 5.53. The molecule has 0 spiro atoms. The number of hydrogen-bond acceptors (Lipinski definition) is 3. The molecule has 0 unspecified atom stereocenters. The summed E-state index contributed by atoms with van der Waals surface area (Å²) in [7, 11) is 0. The highest BCUT2D eigenvalue weighted by molar-refractivity contribution is 5.96. The van der Waals surface area contributed by atoms with E-state index in [-0.39, 0.29) is 18.4 Å². The van der Waals surface area contributed by atoms with Crippen LogP contribution in [0.4, 0.5) is 5.69 Å². The standard InChI is InChI=1S/C13H17N3O2/c14-11-5-3-10(4-6-11)13(18)16-8-12(17)15-7-9-1-2-9/h3-6,9H,1-2,7-8,14H2,(H,15,17)(H,16,18). The molecule has 18 heavy (non-hydrogen) atoms. The van der Waals surface area contributed by atoms with Crippen molar-refractivity contribution in [3.63, 3.8) is 0 Å². The minimum Gasteiger partial charge on any atom is -0.399 e. The molecule has 5 nitrogen and oxygen atoms in total. The zero-order valence-corrected chi connectivity index (χ0v) is 10.1. The summed E-state index contributed by atoms with van der Waals surface area (Å²) in [5.74, 6) is 0.226. The molecule has 1 aliphatic carbocycles. The Bertz CT molecular complexity index is 438. The lowest BCUT2D eigenvalue weighted by molar-refractivity contribution is -0.120. The summed E-state index contributed by atoms with van der Waals surface area (Å²) in [6.45, 7) is 0.729.